The smallest absolute Gasteiger partial charge is 0.317 e. The van der Waals surface area contributed by atoms with Crippen molar-refractivity contribution in [3.8, 4) is 11.5 Å². The molecule has 162 valence electrons. The zero-order chi connectivity index (χ0) is 20.9. The van der Waals surface area contributed by atoms with E-state index in [0.717, 1.165) is 18.4 Å². The summed E-state index contributed by atoms with van der Waals surface area (Å²) in [6.45, 7) is 2.21. The summed E-state index contributed by atoms with van der Waals surface area (Å²) in [5, 5.41) is 2.76. The Morgan fingerprint density at radius 1 is 1.21 bits per heavy atom. The van der Waals surface area contributed by atoms with Crippen LogP contribution < -0.4 is 14.8 Å². The highest BCUT2D eigenvalue weighted by Crippen LogP contribution is 2.38. The highest BCUT2D eigenvalue weighted by Gasteiger charge is 2.32. The Balaban J connectivity index is 1.62. The predicted octanol–water partition coefficient (Wildman–Crippen LogP) is 1.21. The third-order valence-corrected chi connectivity index (χ3v) is 7.18. The molecule has 2 fully saturated rings. The van der Waals surface area contributed by atoms with Crippen LogP contribution in [0.15, 0.2) is 18.2 Å². The van der Waals surface area contributed by atoms with E-state index >= 15 is 0 Å². The number of morpholine rings is 1. The molecule has 1 unspecified atom stereocenters. The first kappa shape index (κ1) is 21.7. The van der Waals surface area contributed by atoms with Crippen LogP contribution in [0, 0.1) is 0 Å². The van der Waals surface area contributed by atoms with Crippen LogP contribution in [0.3, 0.4) is 0 Å². The van der Waals surface area contributed by atoms with Crippen LogP contribution in [0.2, 0.25) is 0 Å². The maximum absolute atomic E-state index is 12.8. The van der Waals surface area contributed by atoms with Crippen LogP contribution in [-0.2, 0) is 14.8 Å². The molecular weight excluding hydrogens is 398 g/mol. The lowest BCUT2D eigenvalue weighted by atomic mass is 10.0. The van der Waals surface area contributed by atoms with Crippen LogP contribution in [0.5, 0.6) is 11.5 Å². The number of sulfonamides is 1. The molecule has 0 aliphatic carbocycles. The molecule has 0 radical (unpaired) electrons. The number of carbonyl (C=O) groups is 1. The molecule has 1 aromatic rings. The summed E-state index contributed by atoms with van der Waals surface area (Å²) in [6.07, 6.45) is 1.67. The number of methoxy groups -OCH3 is 2. The van der Waals surface area contributed by atoms with Crippen molar-refractivity contribution in [2.24, 2.45) is 0 Å². The second-order valence-corrected chi connectivity index (χ2v) is 9.11. The van der Waals surface area contributed by atoms with Gasteiger partial charge >= 0.3 is 6.03 Å². The molecule has 0 spiro atoms. The van der Waals surface area contributed by atoms with Crippen molar-refractivity contribution in [3.05, 3.63) is 23.8 Å². The largest absolute Gasteiger partial charge is 0.497 e. The fourth-order valence-corrected chi connectivity index (χ4v) is 5.10. The number of hydrogen-bond acceptors (Lipinski definition) is 6. The minimum Gasteiger partial charge on any atom is -0.497 e. The Hall–Kier alpha value is -2.04. The van der Waals surface area contributed by atoms with Crippen LogP contribution in [0.25, 0.3) is 0 Å². The van der Waals surface area contributed by atoms with Crippen molar-refractivity contribution in [3.63, 3.8) is 0 Å². The molecule has 0 bridgehead atoms. The number of hydrogen-bond donors (Lipinski definition) is 1. The van der Waals surface area contributed by atoms with E-state index in [0.29, 0.717) is 44.3 Å². The lowest BCUT2D eigenvalue weighted by molar-refractivity contribution is 0.0730. The van der Waals surface area contributed by atoms with Gasteiger partial charge in [-0.05, 0) is 31.0 Å². The first-order chi connectivity index (χ1) is 14.0. The van der Waals surface area contributed by atoms with E-state index in [2.05, 4.69) is 5.32 Å². The van der Waals surface area contributed by atoms with Crippen LogP contribution in [-0.4, -0.2) is 83.0 Å². The normalized spacial score (nSPS) is 20.5. The Labute approximate surface area is 171 Å². The summed E-state index contributed by atoms with van der Waals surface area (Å²) in [5.74, 6) is 1.27. The third-order valence-electron chi connectivity index (χ3n) is 5.31. The Bertz CT molecular complexity index is 810. The number of ether oxygens (including phenoxy) is 3. The number of urea groups is 1. The summed E-state index contributed by atoms with van der Waals surface area (Å²) in [6, 6.07) is 5.12. The number of nitrogens with zero attached hydrogens (tertiary/aromatic N) is 2. The van der Waals surface area contributed by atoms with Gasteiger partial charge in [0.05, 0.1) is 39.2 Å². The monoisotopic (exact) mass is 427 g/mol. The number of nitrogens with one attached hydrogen (secondary N) is 1. The second-order valence-electron chi connectivity index (χ2n) is 7.02. The molecule has 1 N–H and O–H groups in total. The number of rotatable bonds is 7. The van der Waals surface area contributed by atoms with Gasteiger partial charge in [-0.3, -0.25) is 0 Å². The lowest BCUT2D eigenvalue weighted by Crippen LogP contribution is -2.45. The molecule has 29 heavy (non-hydrogen) atoms. The summed E-state index contributed by atoms with van der Waals surface area (Å²) in [5.41, 5.74) is 0.889. The molecule has 2 amide bonds. The van der Waals surface area contributed by atoms with Gasteiger partial charge in [0, 0.05) is 31.7 Å². The summed E-state index contributed by atoms with van der Waals surface area (Å²) < 4.78 is 42.2. The van der Waals surface area contributed by atoms with E-state index < -0.39 is 10.0 Å². The molecular formula is C19H29N3O6S. The van der Waals surface area contributed by atoms with Gasteiger partial charge in [0.2, 0.25) is 10.0 Å². The van der Waals surface area contributed by atoms with Crippen molar-refractivity contribution in [1.82, 2.24) is 14.5 Å². The summed E-state index contributed by atoms with van der Waals surface area (Å²) >= 11 is 0. The number of benzene rings is 1. The Morgan fingerprint density at radius 2 is 1.97 bits per heavy atom. The molecule has 1 atom stereocenters. The van der Waals surface area contributed by atoms with Gasteiger partial charge in [0.15, 0.2) is 0 Å². The van der Waals surface area contributed by atoms with Crippen molar-refractivity contribution in [2.45, 2.75) is 18.9 Å². The van der Waals surface area contributed by atoms with E-state index in [-0.39, 0.29) is 24.4 Å². The molecule has 2 heterocycles. The van der Waals surface area contributed by atoms with Crippen molar-refractivity contribution in [1.29, 1.82) is 0 Å². The van der Waals surface area contributed by atoms with Crippen LogP contribution in [0.1, 0.15) is 24.4 Å². The topological polar surface area (TPSA) is 97.4 Å². The summed E-state index contributed by atoms with van der Waals surface area (Å²) in [4.78, 5) is 14.5. The molecule has 9 nitrogen and oxygen atoms in total. The van der Waals surface area contributed by atoms with Crippen molar-refractivity contribution >= 4 is 16.1 Å². The zero-order valence-electron chi connectivity index (χ0n) is 16.9. The van der Waals surface area contributed by atoms with Gasteiger partial charge in [0.25, 0.3) is 0 Å². The Kier molecular flexibility index (Phi) is 7.20. The van der Waals surface area contributed by atoms with Crippen molar-refractivity contribution in [2.75, 3.05) is 59.4 Å². The predicted molar refractivity (Wildman–Crippen MR) is 108 cm³/mol. The van der Waals surface area contributed by atoms with Gasteiger partial charge in [-0.15, -0.1) is 0 Å². The number of likely N-dealkylation sites (tertiary alicyclic amines) is 1. The fraction of sp³-hybridized carbons (Fsp3) is 0.632. The standard InChI is InChI=1S/C19H29N3O6S/c1-26-15-5-6-18(27-2)16(14-15)17-4-3-8-22(17)19(23)20-7-13-29(24,25)21-9-11-28-12-10-21/h5-6,14,17H,3-4,7-13H2,1-2H3,(H,20,23). The molecule has 0 saturated carbocycles. The van der Waals surface area contributed by atoms with Crippen LogP contribution in [0.4, 0.5) is 4.79 Å². The van der Waals surface area contributed by atoms with E-state index in [9.17, 15) is 13.2 Å². The van der Waals surface area contributed by atoms with Gasteiger partial charge in [-0.25, -0.2) is 13.2 Å². The van der Waals surface area contributed by atoms with Gasteiger partial charge in [-0.1, -0.05) is 0 Å². The quantitative estimate of drug-likeness (QED) is 0.703. The number of amides is 2. The van der Waals surface area contributed by atoms with Gasteiger partial charge in [-0.2, -0.15) is 4.31 Å². The number of carbonyl (C=O) groups excluding carboxylic acids is 1. The highest BCUT2D eigenvalue weighted by atomic mass is 32.2. The van der Waals surface area contributed by atoms with Crippen LogP contribution >= 0.6 is 0 Å². The first-order valence-electron chi connectivity index (χ1n) is 9.78. The van der Waals surface area contributed by atoms with Crippen molar-refractivity contribution < 1.29 is 27.4 Å². The highest BCUT2D eigenvalue weighted by molar-refractivity contribution is 7.89. The second kappa shape index (κ2) is 9.64. The lowest BCUT2D eigenvalue weighted by Gasteiger charge is -2.28. The molecule has 10 heteroatoms. The Morgan fingerprint density at radius 3 is 2.66 bits per heavy atom. The molecule has 3 rings (SSSR count). The van der Waals surface area contributed by atoms with E-state index in [1.165, 1.54) is 4.31 Å². The van der Waals surface area contributed by atoms with E-state index in [4.69, 9.17) is 14.2 Å². The molecule has 2 saturated heterocycles. The maximum Gasteiger partial charge on any atom is 0.317 e. The molecule has 1 aromatic carbocycles. The first-order valence-corrected chi connectivity index (χ1v) is 11.4. The summed E-state index contributed by atoms with van der Waals surface area (Å²) in [7, 11) is -0.209. The van der Waals surface area contributed by atoms with E-state index in [1.807, 2.05) is 18.2 Å². The third kappa shape index (κ3) is 5.12. The average Bonchev–Trinajstić information content (AvgIpc) is 3.23. The SMILES string of the molecule is COc1ccc(OC)c(C2CCCN2C(=O)NCCS(=O)(=O)N2CCOCC2)c1. The molecule has 0 aromatic heterocycles. The van der Waals surface area contributed by atoms with E-state index in [1.54, 1.807) is 19.1 Å². The minimum absolute atomic E-state index is 0.0665. The minimum atomic E-state index is -3.40. The average molecular weight is 428 g/mol. The molecule has 2 aliphatic heterocycles. The fourth-order valence-electron chi connectivity index (χ4n) is 3.78. The molecule has 2 aliphatic rings. The zero-order valence-corrected chi connectivity index (χ0v) is 17.7. The maximum atomic E-state index is 12.8. The van der Waals surface area contributed by atoms with Gasteiger partial charge in [0.1, 0.15) is 11.5 Å². The van der Waals surface area contributed by atoms with Gasteiger partial charge < -0.3 is 24.4 Å².